The minimum absolute atomic E-state index is 0.0241. The summed E-state index contributed by atoms with van der Waals surface area (Å²) in [5.74, 6) is 0.598. The molecule has 2 rings (SSSR count). The molecule has 0 aliphatic carbocycles. The summed E-state index contributed by atoms with van der Waals surface area (Å²) in [6, 6.07) is 0. The molecular formula is C10H10BrF3N6O. The van der Waals surface area contributed by atoms with Gasteiger partial charge < -0.3 is 9.88 Å². The molecule has 11 heteroatoms. The molecule has 2 aromatic rings. The Morgan fingerprint density at radius 2 is 2.14 bits per heavy atom. The summed E-state index contributed by atoms with van der Waals surface area (Å²) in [7, 11) is 1.74. The van der Waals surface area contributed by atoms with Crippen LogP contribution < -0.4 is 10.9 Å². The van der Waals surface area contributed by atoms with Gasteiger partial charge in [-0.3, -0.25) is 4.79 Å². The van der Waals surface area contributed by atoms with Gasteiger partial charge in [0.25, 0.3) is 5.56 Å². The molecule has 0 aliphatic heterocycles. The number of halogens is 4. The Morgan fingerprint density at radius 1 is 1.43 bits per heavy atom. The molecule has 7 nitrogen and oxygen atoms in total. The molecule has 0 saturated heterocycles. The number of nitrogens with zero attached hydrogens (tertiary/aromatic N) is 5. The van der Waals surface area contributed by atoms with Crippen molar-refractivity contribution in [1.29, 1.82) is 0 Å². The maximum atomic E-state index is 12.3. The van der Waals surface area contributed by atoms with Gasteiger partial charge >= 0.3 is 6.18 Å². The van der Waals surface area contributed by atoms with Crippen LogP contribution in [0, 0.1) is 0 Å². The highest BCUT2D eigenvalue weighted by atomic mass is 79.9. The van der Waals surface area contributed by atoms with Crippen molar-refractivity contribution in [3.63, 3.8) is 0 Å². The molecule has 114 valence electrons. The van der Waals surface area contributed by atoms with Crippen LogP contribution in [0.15, 0.2) is 21.8 Å². The molecule has 21 heavy (non-hydrogen) atoms. The lowest BCUT2D eigenvalue weighted by Crippen LogP contribution is -2.31. The van der Waals surface area contributed by atoms with E-state index >= 15 is 0 Å². The van der Waals surface area contributed by atoms with Crippen molar-refractivity contribution < 1.29 is 13.2 Å². The van der Waals surface area contributed by atoms with E-state index < -0.39 is 18.3 Å². The molecule has 0 aromatic carbocycles. The first-order chi connectivity index (χ1) is 9.78. The van der Waals surface area contributed by atoms with Crippen LogP contribution in [-0.4, -0.2) is 30.7 Å². The molecular weight excluding hydrogens is 357 g/mol. The molecule has 0 fully saturated rings. The third kappa shape index (κ3) is 3.80. The van der Waals surface area contributed by atoms with Crippen molar-refractivity contribution in [3.05, 3.63) is 33.2 Å². The van der Waals surface area contributed by atoms with Gasteiger partial charge in [-0.05, 0) is 15.9 Å². The molecule has 0 bridgehead atoms. The Hall–Kier alpha value is -1.91. The second-order valence-electron chi connectivity index (χ2n) is 4.16. The van der Waals surface area contributed by atoms with Gasteiger partial charge in [0, 0.05) is 7.05 Å². The third-order valence-corrected chi connectivity index (χ3v) is 3.32. The Bertz CT molecular complexity index is 695. The van der Waals surface area contributed by atoms with Crippen LogP contribution in [0.2, 0.25) is 0 Å². The van der Waals surface area contributed by atoms with Crippen molar-refractivity contribution in [3.8, 4) is 0 Å². The number of aromatic nitrogens is 5. The first kappa shape index (κ1) is 15.5. The van der Waals surface area contributed by atoms with Gasteiger partial charge in [-0.1, -0.05) is 0 Å². The summed E-state index contributed by atoms with van der Waals surface area (Å²) in [6.07, 6.45) is -1.86. The highest BCUT2D eigenvalue weighted by molar-refractivity contribution is 9.10. The van der Waals surface area contributed by atoms with E-state index in [-0.39, 0.29) is 16.7 Å². The zero-order valence-electron chi connectivity index (χ0n) is 10.7. The van der Waals surface area contributed by atoms with Crippen LogP contribution in [-0.2, 0) is 20.1 Å². The van der Waals surface area contributed by atoms with E-state index in [9.17, 15) is 18.0 Å². The van der Waals surface area contributed by atoms with Crippen molar-refractivity contribution in [2.24, 2.45) is 7.05 Å². The first-order valence-corrected chi connectivity index (χ1v) is 6.46. The van der Waals surface area contributed by atoms with Crippen molar-refractivity contribution in [2.45, 2.75) is 19.3 Å². The number of alkyl halides is 3. The fourth-order valence-electron chi connectivity index (χ4n) is 1.51. The highest BCUT2D eigenvalue weighted by Gasteiger charge is 2.29. The summed E-state index contributed by atoms with van der Waals surface area (Å²) in [5, 5.41) is 13.9. The Labute approximate surface area is 124 Å². The Balaban J connectivity index is 2.17. The average Bonchev–Trinajstić information content (AvgIpc) is 2.78. The standard InChI is InChI=1S/C10H10BrF3N6O/c1-19-5-16-18-7(19)3-15-6-2-17-20(4-10(12,13)14)9(21)8(6)11/h2,5,15H,3-4H2,1H3. The van der Waals surface area contributed by atoms with Gasteiger partial charge in [-0.25, -0.2) is 4.68 Å². The number of nitrogens with one attached hydrogen (secondary N) is 1. The summed E-state index contributed by atoms with van der Waals surface area (Å²) in [5.41, 5.74) is -0.586. The molecule has 0 amide bonds. The topological polar surface area (TPSA) is 77.6 Å². The van der Waals surface area contributed by atoms with E-state index in [1.807, 2.05) is 0 Å². The number of anilines is 1. The Morgan fingerprint density at radius 3 is 2.71 bits per heavy atom. The minimum atomic E-state index is -4.51. The number of hydrogen-bond donors (Lipinski definition) is 1. The van der Waals surface area contributed by atoms with E-state index in [0.717, 1.165) is 6.20 Å². The molecule has 1 N–H and O–H groups in total. The van der Waals surface area contributed by atoms with Crippen LogP contribution in [0.1, 0.15) is 5.82 Å². The van der Waals surface area contributed by atoms with Crippen molar-refractivity contribution in [2.75, 3.05) is 5.32 Å². The van der Waals surface area contributed by atoms with Crippen LogP contribution >= 0.6 is 15.9 Å². The predicted octanol–water partition coefficient (Wildman–Crippen LogP) is 1.31. The smallest absolute Gasteiger partial charge is 0.375 e. The molecule has 0 unspecified atom stereocenters. The van der Waals surface area contributed by atoms with Crippen LogP contribution in [0.5, 0.6) is 0 Å². The second-order valence-corrected chi connectivity index (χ2v) is 4.95. The van der Waals surface area contributed by atoms with Crippen LogP contribution in [0.4, 0.5) is 18.9 Å². The zero-order valence-corrected chi connectivity index (χ0v) is 12.3. The quantitative estimate of drug-likeness (QED) is 0.882. The summed E-state index contributed by atoms with van der Waals surface area (Å²) < 4.78 is 38.8. The highest BCUT2D eigenvalue weighted by Crippen LogP contribution is 2.19. The third-order valence-electron chi connectivity index (χ3n) is 2.56. The van der Waals surface area contributed by atoms with E-state index in [0.29, 0.717) is 10.5 Å². The number of hydrogen-bond acceptors (Lipinski definition) is 5. The van der Waals surface area contributed by atoms with E-state index in [1.54, 1.807) is 11.6 Å². The molecule has 2 aromatic heterocycles. The van der Waals surface area contributed by atoms with Gasteiger partial charge in [0.2, 0.25) is 0 Å². The summed E-state index contributed by atoms with van der Waals surface area (Å²) >= 11 is 2.98. The monoisotopic (exact) mass is 366 g/mol. The molecule has 0 saturated carbocycles. The lowest BCUT2D eigenvalue weighted by Gasteiger charge is -2.11. The largest absolute Gasteiger partial charge is 0.408 e. The normalized spacial score (nSPS) is 11.7. The summed E-state index contributed by atoms with van der Waals surface area (Å²) in [6.45, 7) is -1.19. The van der Waals surface area contributed by atoms with Gasteiger partial charge in [-0.2, -0.15) is 18.3 Å². The van der Waals surface area contributed by atoms with Gasteiger partial charge in [-0.15, -0.1) is 10.2 Å². The zero-order chi connectivity index (χ0) is 15.6. The fraction of sp³-hybridized carbons (Fsp3) is 0.400. The van der Waals surface area contributed by atoms with Gasteiger partial charge in [0.1, 0.15) is 17.3 Å². The first-order valence-electron chi connectivity index (χ1n) is 5.67. The SMILES string of the molecule is Cn1cnnc1CNc1cnn(CC(F)(F)F)c(=O)c1Br. The molecule has 0 radical (unpaired) electrons. The van der Waals surface area contributed by atoms with E-state index in [1.165, 1.54) is 6.33 Å². The second kappa shape index (κ2) is 5.84. The predicted molar refractivity (Wildman–Crippen MR) is 70.6 cm³/mol. The van der Waals surface area contributed by atoms with Gasteiger partial charge in [0.15, 0.2) is 5.82 Å². The van der Waals surface area contributed by atoms with E-state index in [4.69, 9.17) is 0 Å². The van der Waals surface area contributed by atoms with Gasteiger partial charge in [0.05, 0.1) is 18.4 Å². The summed E-state index contributed by atoms with van der Waals surface area (Å²) in [4.78, 5) is 11.8. The van der Waals surface area contributed by atoms with Crippen molar-refractivity contribution in [1.82, 2.24) is 24.5 Å². The Kier molecular flexibility index (Phi) is 4.30. The molecule has 0 aliphatic rings. The average molecular weight is 367 g/mol. The maximum absolute atomic E-state index is 12.3. The molecule has 0 spiro atoms. The molecule has 0 atom stereocenters. The minimum Gasteiger partial charge on any atom is -0.375 e. The fourth-order valence-corrected chi connectivity index (χ4v) is 1.96. The molecule has 2 heterocycles. The van der Waals surface area contributed by atoms with Crippen LogP contribution in [0.3, 0.4) is 0 Å². The number of aryl methyl sites for hydroxylation is 1. The van der Waals surface area contributed by atoms with E-state index in [2.05, 4.69) is 36.5 Å². The maximum Gasteiger partial charge on any atom is 0.408 e. The lowest BCUT2D eigenvalue weighted by molar-refractivity contribution is -0.143. The lowest BCUT2D eigenvalue weighted by atomic mass is 10.4. The van der Waals surface area contributed by atoms with Crippen LogP contribution in [0.25, 0.3) is 0 Å². The van der Waals surface area contributed by atoms with Crippen molar-refractivity contribution >= 4 is 21.6 Å². The number of rotatable bonds is 4.